The Kier molecular flexibility index (Phi) is 9.14. The number of rotatable bonds is 10. The number of hydrogen-bond acceptors (Lipinski definition) is 7. The summed E-state index contributed by atoms with van der Waals surface area (Å²) in [6.07, 6.45) is 0.653. The molecule has 0 bridgehead atoms. The van der Waals surface area contributed by atoms with Crippen LogP contribution >= 0.6 is 22.9 Å². The van der Waals surface area contributed by atoms with E-state index in [0.29, 0.717) is 29.4 Å². The molecule has 1 heterocycles. The first kappa shape index (κ1) is 23.7. The summed E-state index contributed by atoms with van der Waals surface area (Å²) in [6.45, 7) is 5.74. The zero-order valence-corrected chi connectivity index (χ0v) is 18.7. The highest BCUT2D eigenvalue weighted by molar-refractivity contribution is 7.18. The second-order valence-electron chi connectivity index (χ2n) is 6.16. The Morgan fingerprint density at radius 2 is 1.67 bits per heavy atom. The maximum atomic E-state index is 12.4. The van der Waals surface area contributed by atoms with Crippen molar-refractivity contribution in [1.29, 1.82) is 0 Å². The van der Waals surface area contributed by atoms with Crippen LogP contribution in [-0.4, -0.2) is 37.7 Å². The SMILES string of the molecule is CCOC(=O)c1sc(NC(=O)CCCOc2ccc(Cl)cc2)c(C(=O)OCC)c1C. The number of benzene rings is 1. The normalized spacial score (nSPS) is 10.4. The van der Waals surface area contributed by atoms with E-state index in [-0.39, 0.29) is 41.0 Å². The molecule has 0 saturated carbocycles. The fourth-order valence-electron chi connectivity index (χ4n) is 2.58. The average molecular weight is 454 g/mol. The van der Waals surface area contributed by atoms with Crippen molar-refractivity contribution in [2.75, 3.05) is 25.1 Å². The number of esters is 2. The van der Waals surface area contributed by atoms with E-state index in [0.717, 1.165) is 11.3 Å². The van der Waals surface area contributed by atoms with E-state index in [9.17, 15) is 14.4 Å². The van der Waals surface area contributed by atoms with E-state index in [4.69, 9.17) is 25.8 Å². The highest BCUT2D eigenvalue weighted by Gasteiger charge is 2.27. The van der Waals surface area contributed by atoms with Crippen molar-refractivity contribution >= 4 is 45.8 Å². The Hall–Kier alpha value is -2.58. The van der Waals surface area contributed by atoms with Gasteiger partial charge in [0.2, 0.25) is 5.91 Å². The lowest BCUT2D eigenvalue weighted by Gasteiger charge is -2.08. The Labute approximate surface area is 184 Å². The lowest BCUT2D eigenvalue weighted by atomic mass is 10.1. The van der Waals surface area contributed by atoms with E-state index in [1.165, 1.54) is 0 Å². The number of anilines is 1. The molecule has 0 saturated heterocycles. The Morgan fingerprint density at radius 1 is 1.03 bits per heavy atom. The summed E-state index contributed by atoms with van der Waals surface area (Å²) in [4.78, 5) is 37.2. The monoisotopic (exact) mass is 453 g/mol. The predicted molar refractivity (Wildman–Crippen MR) is 116 cm³/mol. The van der Waals surface area contributed by atoms with Gasteiger partial charge in [0.05, 0.1) is 25.4 Å². The number of ether oxygens (including phenoxy) is 3. The zero-order chi connectivity index (χ0) is 22.1. The summed E-state index contributed by atoms with van der Waals surface area (Å²) in [5.74, 6) is -0.764. The first-order chi connectivity index (χ1) is 14.4. The molecular weight excluding hydrogens is 430 g/mol. The first-order valence-electron chi connectivity index (χ1n) is 9.53. The zero-order valence-electron chi connectivity index (χ0n) is 17.1. The molecule has 9 heteroatoms. The van der Waals surface area contributed by atoms with Crippen molar-refractivity contribution in [2.45, 2.75) is 33.6 Å². The van der Waals surface area contributed by atoms with Crippen LogP contribution in [0, 0.1) is 6.92 Å². The van der Waals surface area contributed by atoms with E-state index in [1.807, 2.05) is 0 Å². The van der Waals surface area contributed by atoms with E-state index in [2.05, 4.69) is 5.32 Å². The second kappa shape index (κ2) is 11.6. The van der Waals surface area contributed by atoms with Gasteiger partial charge in [-0.15, -0.1) is 11.3 Å². The standard InChI is InChI=1S/C21H24ClNO6S/c1-4-27-20(25)17-13(3)18(21(26)28-5-2)30-19(17)23-16(24)7-6-12-29-15-10-8-14(22)9-11-15/h8-11H,4-7,12H2,1-3H3,(H,23,24). The van der Waals surface area contributed by atoms with Crippen molar-refractivity contribution in [3.05, 3.63) is 45.3 Å². The van der Waals surface area contributed by atoms with Gasteiger partial charge >= 0.3 is 11.9 Å². The molecule has 1 N–H and O–H groups in total. The van der Waals surface area contributed by atoms with Crippen LogP contribution in [0.15, 0.2) is 24.3 Å². The molecule has 0 aliphatic heterocycles. The van der Waals surface area contributed by atoms with Gasteiger partial charge in [0, 0.05) is 11.4 Å². The highest BCUT2D eigenvalue weighted by Crippen LogP contribution is 2.34. The molecule has 0 fully saturated rings. The molecule has 7 nitrogen and oxygen atoms in total. The third-order valence-corrected chi connectivity index (χ3v) is 5.41. The fraction of sp³-hybridized carbons (Fsp3) is 0.381. The van der Waals surface area contributed by atoms with Crippen molar-refractivity contribution in [1.82, 2.24) is 0 Å². The molecule has 0 unspecified atom stereocenters. The summed E-state index contributed by atoms with van der Waals surface area (Å²) in [6, 6.07) is 6.94. The maximum absolute atomic E-state index is 12.4. The minimum atomic E-state index is -0.594. The predicted octanol–water partition coefficient (Wildman–Crippen LogP) is 4.86. The maximum Gasteiger partial charge on any atom is 0.348 e. The van der Waals surface area contributed by atoms with Crippen LogP contribution in [0.1, 0.15) is 52.3 Å². The average Bonchev–Trinajstić information content (AvgIpc) is 3.03. The highest BCUT2D eigenvalue weighted by atomic mass is 35.5. The fourth-order valence-corrected chi connectivity index (χ4v) is 3.82. The van der Waals surface area contributed by atoms with Crippen LogP contribution in [0.3, 0.4) is 0 Å². The van der Waals surface area contributed by atoms with Crippen LogP contribution < -0.4 is 10.1 Å². The van der Waals surface area contributed by atoms with Gasteiger partial charge < -0.3 is 19.5 Å². The van der Waals surface area contributed by atoms with E-state index >= 15 is 0 Å². The minimum absolute atomic E-state index is 0.177. The van der Waals surface area contributed by atoms with Gasteiger partial charge in [-0.3, -0.25) is 4.79 Å². The summed E-state index contributed by atoms with van der Waals surface area (Å²) in [5, 5.41) is 3.61. The Bertz CT molecular complexity index is 894. The molecule has 2 rings (SSSR count). The van der Waals surface area contributed by atoms with Crippen molar-refractivity contribution in [2.24, 2.45) is 0 Å². The summed E-state index contributed by atoms with van der Waals surface area (Å²) in [7, 11) is 0. The Balaban J connectivity index is 2.01. The van der Waals surface area contributed by atoms with Gasteiger partial charge in [-0.05, 0) is 57.0 Å². The second-order valence-corrected chi connectivity index (χ2v) is 7.61. The summed E-state index contributed by atoms with van der Waals surface area (Å²) < 4.78 is 15.7. The molecule has 0 atom stereocenters. The summed E-state index contributed by atoms with van der Waals surface area (Å²) in [5.41, 5.74) is 0.605. The van der Waals surface area contributed by atoms with Crippen molar-refractivity contribution in [3.8, 4) is 5.75 Å². The van der Waals surface area contributed by atoms with Gasteiger partial charge in [0.15, 0.2) is 0 Å². The van der Waals surface area contributed by atoms with Crippen molar-refractivity contribution in [3.63, 3.8) is 0 Å². The van der Waals surface area contributed by atoms with Crippen LogP contribution in [0.2, 0.25) is 5.02 Å². The van der Waals surface area contributed by atoms with Crippen LogP contribution in [0.4, 0.5) is 5.00 Å². The number of amides is 1. The summed E-state index contributed by atoms with van der Waals surface area (Å²) >= 11 is 6.83. The molecule has 0 aliphatic carbocycles. The molecule has 1 aromatic heterocycles. The molecular formula is C21H24ClNO6S. The number of thiophene rings is 1. The van der Waals surface area contributed by atoms with Crippen molar-refractivity contribution < 1.29 is 28.6 Å². The molecule has 1 amide bonds. The van der Waals surface area contributed by atoms with E-state index in [1.54, 1.807) is 45.0 Å². The molecule has 30 heavy (non-hydrogen) atoms. The van der Waals surface area contributed by atoms with Crippen LogP contribution in [-0.2, 0) is 14.3 Å². The largest absolute Gasteiger partial charge is 0.494 e. The first-order valence-corrected chi connectivity index (χ1v) is 10.7. The molecule has 0 radical (unpaired) electrons. The number of halogens is 1. The van der Waals surface area contributed by atoms with Gasteiger partial charge in [-0.2, -0.15) is 0 Å². The third kappa shape index (κ3) is 6.47. The van der Waals surface area contributed by atoms with Gasteiger partial charge in [0.25, 0.3) is 0 Å². The third-order valence-electron chi connectivity index (χ3n) is 3.97. The number of hydrogen-bond donors (Lipinski definition) is 1. The Morgan fingerprint density at radius 3 is 2.30 bits per heavy atom. The minimum Gasteiger partial charge on any atom is -0.494 e. The van der Waals surface area contributed by atoms with Crippen LogP contribution in [0.25, 0.3) is 0 Å². The lowest BCUT2D eigenvalue weighted by molar-refractivity contribution is -0.116. The van der Waals surface area contributed by atoms with Gasteiger partial charge in [-0.1, -0.05) is 11.6 Å². The van der Waals surface area contributed by atoms with Crippen LogP contribution in [0.5, 0.6) is 5.75 Å². The van der Waals surface area contributed by atoms with Gasteiger partial charge in [-0.25, -0.2) is 9.59 Å². The van der Waals surface area contributed by atoms with Gasteiger partial charge in [0.1, 0.15) is 15.6 Å². The molecule has 2 aromatic rings. The smallest absolute Gasteiger partial charge is 0.348 e. The molecule has 1 aromatic carbocycles. The molecule has 0 spiro atoms. The molecule has 0 aliphatic rings. The lowest BCUT2D eigenvalue weighted by Crippen LogP contribution is -2.15. The topological polar surface area (TPSA) is 90.9 Å². The van der Waals surface area contributed by atoms with E-state index < -0.39 is 11.9 Å². The number of nitrogens with one attached hydrogen (secondary N) is 1. The quantitative estimate of drug-likeness (QED) is 0.408. The number of carbonyl (C=O) groups excluding carboxylic acids is 3. The number of carbonyl (C=O) groups is 3. The molecule has 162 valence electrons.